The van der Waals surface area contributed by atoms with Crippen molar-refractivity contribution >= 4 is 5.91 Å². The summed E-state index contributed by atoms with van der Waals surface area (Å²) in [7, 11) is 0. The Labute approximate surface area is 117 Å². The second-order valence-corrected chi connectivity index (χ2v) is 4.86. The van der Waals surface area contributed by atoms with Gasteiger partial charge >= 0.3 is 0 Å². The predicted molar refractivity (Wildman–Crippen MR) is 76.7 cm³/mol. The molecule has 0 aliphatic rings. The summed E-state index contributed by atoms with van der Waals surface area (Å²) < 4.78 is 12.9. The molecule has 3 nitrogen and oxygen atoms in total. The van der Waals surface area contributed by atoms with Crippen molar-refractivity contribution < 1.29 is 9.18 Å². The summed E-state index contributed by atoms with van der Waals surface area (Å²) in [6.07, 6.45) is 0. The number of carbonyl (C=O) groups is 1. The third-order valence-electron chi connectivity index (χ3n) is 3.32. The van der Waals surface area contributed by atoms with Crippen LogP contribution in [-0.4, -0.2) is 12.5 Å². The van der Waals surface area contributed by atoms with Crippen molar-refractivity contribution in [3.63, 3.8) is 0 Å². The highest BCUT2D eigenvalue weighted by Gasteiger charge is 2.27. The molecule has 0 aliphatic heterocycles. The Morgan fingerprint density at radius 1 is 1.15 bits per heavy atom. The van der Waals surface area contributed by atoms with Gasteiger partial charge in [-0.2, -0.15) is 0 Å². The maximum Gasteiger partial charge on any atom is 0.252 e. The van der Waals surface area contributed by atoms with Gasteiger partial charge in [-0.05, 0) is 36.8 Å². The van der Waals surface area contributed by atoms with Gasteiger partial charge in [0.05, 0.1) is 5.54 Å². The highest BCUT2D eigenvalue weighted by Crippen LogP contribution is 2.19. The number of hydrogen-bond acceptors (Lipinski definition) is 2. The van der Waals surface area contributed by atoms with Crippen molar-refractivity contribution in [1.82, 2.24) is 5.32 Å². The molecule has 3 N–H and O–H groups in total. The molecule has 0 saturated heterocycles. The highest BCUT2D eigenvalue weighted by molar-refractivity contribution is 5.94. The first-order valence-electron chi connectivity index (χ1n) is 6.39. The molecule has 20 heavy (non-hydrogen) atoms. The molecule has 2 aromatic carbocycles. The van der Waals surface area contributed by atoms with E-state index >= 15 is 0 Å². The summed E-state index contributed by atoms with van der Waals surface area (Å²) in [4.78, 5) is 12.2. The molecule has 2 rings (SSSR count). The lowest BCUT2D eigenvalue weighted by Crippen LogP contribution is -2.48. The van der Waals surface area contributed by atoms with Gasteiger partial charge in [0.15, 0.2) is 0 Å². The zero-order valence-corrected chi connectivity index (χ0v) is 11.3. The van der Waals surface area contributed by atoms with Crippen LogP contribution in [0.25, 0.3) is 0 Å². The summed E-state index contributed by atoms with van der Waals surface area (Å²) >= 11 is 0. The molecule has 1 unspecified atom stereocenters. The number of halogens is 1. The van der Waals surface area contributed by atoms with Crippen LogP contribution in [0, 0.1) is 5.82 Å². The number of hydrogen-bond donors (Lipinski definition) is 2. The minimum atomic E-state index is -0.660. The average molecular weight is 272 g/mol. The molecule has 0 aliphatic carbocycles. The zero-order chi connectivity index (χ0) is 14.6. The number of nitrogens with two attached hydrogens (primary N) is 1. The van der Waals surface area contributed by atoms with Gasteiger partial charge in [-0.1, -0.05) is 30.3 Å². The van der Waals surface area contributed by atoms with Crippen LogP contribution in [0.2, 0.25) is 0 Å². The second-order valence-electron chi connectivity index (χ2n) is 4.86. The fourth-order valence-corrected chi connectivity index (χ4v) is 1.97. The summed E-state index contributed by atoms with van der Waals surface area (Å²) in [6.45, 7) is 2.13. The molecule has 0 radical (unpaired) electrons. The largest absolute Gasteiger partial charge is 0.342 e. The maximum atomic E-state index is 12.9. The Hall–Kier alpha value is -2.20. The molecular formula is C16H17FN2O. The van der Waals surface area contributed by atoms with Gasteiger partial charge in [0.2, 0.25) is 0 Å². The van der Waals surface area contributed by atoms with E-state index in [1.807, 2.05) is 37.3 Å². The lowest BCUT2D eigenvalue weighted by molar-refractivity contribution is 0.0907. The van der Waals surface area contributed by atoms with Gasteiger partial charge < -0.3 is 11.1 Å². The normalized spacial score (nSPS) is 13.6. The van der Waals surface area contributed by atoms with Gasteiger partial charge in [0, 0.05) is 12.1 Å². The van der Waals surface area contributed by atoms with Crippen LogP contribution < -0.4 is 11.1 Å². The van der Waals surface area contributed by atoms with Crippen molar-refractivity contribution in [3.05, 3.63) is 71.5 Å². The van der Waals surface area contributed by atoms with Crippen LogP contribution in [0.4, 0.5) is 4.39 Å². The van der Waals surface area contributed by atoms with Crippen LogP contribution in [0.3, 0.4) is 0 Å². The number of carbonyl (C=O) groups excluding carboxylic acids is 1. The molecule has 1 amide bonds. The van der Waals surface area contributed by atoms with E-state index < -0.39 is 5.54 Å². The number of amides is 1. The van der Waals surface area contributed by atoms with E-state index in [0.29, 0.717) is 5.56 Å². The Morgan fingerprint density at radius 2 is 1.75 bits per heavy atom. The first-order chi connectivity index (χ1) is 9.55. The third-order valence-corrected chi connectivity index (χ3v) is 3.32. The van der Waals surface area contributed by atoms with Crippen molar-refractivity contribution in [1.29, 1.82) is 0 Å². The molecule has 1 atom stereocenters. The van der Waals surface area contributed by atoms with Crippen LogP contribution >= 0.6 is 0 Å². The number of rotatable bonds is 4. The SMILES string of the molecule is CC(CN)(NC(=O)c1ccc(F)cc1)c1ccccc1. The fraction of sp³-hybridized carbons (Fsp3) is 0.188. The van der Waals surface area contributed by atoms with Crippen LogP contribution in [0.1, 0.15) is 22.8 Å². The third kappa shape index (κ3) is 3.03. The van der Waals surface area contributed by atoms with E-state index in [1.165, 1.54) is 24.3 Å². The van der Waals surface area contributed by atoms with Gasteiger partial charge in [-0.15, -0.1) is 0 Å². The van der Waals surface area contributed by atoms with E-state index in [2.05, 4.69) is 5.32 Å². The van der Waals surface area contributed by atoms with Crippen molar-refractivity contribution in [2.75, 3.05) is 6.54 Å². The molecule has 0 fully saturated rings. The van der Waals surface area contributed by atoms with E-state index in [9.17, 15) is 9.18 Å². The number of benzene rings is 2. The smallest absolute Gasteiger partial charge is 0.252 e. The van der Waals surface area contributed by atoms with Gasteiger partial charge in [0.1, 0.15) is 5.82 Å². The van der Waals surface area contributed by atoms with Crippen molar-refractivity contribution in [2.45, 2.75) is 12.5 Å². The standard InChI is InChI=1S/C16H17FN2O/c1-16(11-18,13-5-3-2-4-6-13)19-15(20)12-7-9-14(17)10-8-12/h2-10H,11,18H2,1H3,(H,19,20). The molecule has 0 heterocycles. The molecule has 0 spiro atoms. The topological polar surface area (TPSA) is 55.1 Å². The molecule has 104 valence electrons. The molecule has 0 aromatic heterocycles. The minimum absolute atomic E-state index is 0.268. The predicted octanol–water partition coefficient (Wildman–Crippen LogP) is 2.43. The van der Waals surface area contributed by atoms with Crippen molar-refractivity contribution in [2.24, 2.45) is 5.73 Å². The Bertz CT molecular complexity index is 583. The first-order valence-corrected chi connectivity index (χ1v) is 6.39. The molecule has 0 saturated carbocycles. The summed E-state index contributed by atoms with van der Waals surface area (Å²) in [6, 6.07) is 15.0. The quantitative estimate of drug-likeness (QED) is 0.898. The lowest BCUT2D eigenvalue weighted by atomic mass is 9.91. The summed E-state index contributed by atoms with van der Waals surface area (Å²) in [5.74, 6) is -0.645. The Morgan fingerprint density at radius 3 is 2.30 bits per heavy atom. The lowest BCUT2D eigenvalue weighted by Gasteiger charge is -2.30. The first kappa shape index (κ1) is 14.2. The molecule has 0 bridgehead atoms. The van der Waals surface area contributed by atoms with Gasteiger partial charge in [-0.25, -0.2) is 4.39 Å². The molecular weight excluding hydrogens is 255 g/mol. The highest BCUT2D eigenvalue weighted by atomic mass is 19.1. The van der Waals surface area contributed by atoms with E-state index in [4.69, 9.17) is 5.73 Å². The molecule has 2 aromatic rings. The monoisotopic (exact) mass is 272 g/mol. The fourth-order valence-electron chi connectivity index (χ4n) is 1.97. The van der Waals surface area contributed by atoms with E-state index in [-0.39, 0.29) is 18.3 Å². The average Bonchev–Trinajstić information content (AvgIpc) is 2.48. The van der Waals surface area contributed by atoms with Crippen molar-refractivity contribution in [3.8, 4) is 0 Å². The van der Waals surface area contributed by atoms with E-state index in [0.717, 1.165) is 5.56 Å². The summed E-state index contributed by atoms with van der Waals surface area (Å²) in [5.41, 5.74) is 6.49. The Kier molecular flexibility index (Phi) is 4.15. The minimum Gasteiger partial charge on any atom is -0.342 e. The van der Waals surface area contributed by atoms with Crippen LogP contribution in [-0.2, 0) is 5.54 Å². The maximum absolute atomic E-state index is 12.9. The van der Waals surface area contributed by atoms with Crippen LogP contribution in [0.5, 0.6) is 0 Å². The zero-order valence-electron chi connectivity index (χ0n) is 11.3. The van der Waals surface area contributed by atoms with E-state index in [1.54, 1.807) is 0 Å². The summed E-state index contributed by atoms with van der Waals surface area (Å²) in [5, 5.41) is 2.91. The van der Waals surface area contributed by atoms with Gasteiger partial charge in [-0.3, -0.25) is 4.79 Å². The second kappa shape index (κ2) is 5.84. The Balaban J connectivity index is 2.22. The van der Waals surface area contributed by atoms with Crippen LogP contribution in [0.15, 0.2) is 54.6 Å². The van der Waals surface area contributed by atoms with Gasteiger partial charge in [0.25, 0.3) is 5.91 Å². The molecule has 4 heteroatoms. The number of nitrogens with one attached hydrogen (secondary N) is 1.